The van der Waals surface area contributed by atoms with Gasteiger partial charge in [0.05, 0.1) is 36.2 Å². The van der Waals surface area contributed by atoms with Crippen molar-refractivity contribution in [3.8, 4) is 22.8 Å². The maximum Gasteiger partial charge on any atom is 0.254 e. The van der Waals surface area contributed by atoms with Gasteiger partial charge < -0.3 is 19.3 Å². The van der Waals surface area contributed by atoms with Crippen molar-refractivity contribution in [2.75, 3.05) is 44.8 Å². The lowest BCUT2D eigenvalue weighted by atomic mass is 10.0. The molecule has 0 spiro atoms. The van der Waals surface area contributed by atoms with Crippen molar-refractivity contribution < 1.29 is 14.3 Å². The molecule has 0 N–H and O–H groups in total. The first-order valence-corrected chi connectivity index (χ1v) is 12.4. The predicted octanol–water partition coefficient (Wildman–Crippen LogP) is 5.58. The molecule has 1 amide bonds. The first-order valence-electron chi connectivity index (χ1n) is 12.4. The zero-order valence-electron chi connectivity index (χ0n) is 21.0. The van der Waals surface area contributed by atoms with E-state index in [1.54, 1.807) is 7.11 Å². The third-order valence-electron chi connectivity index (χ3n) is 6.65. The van der Waals surface area contributed by atoms with Crippen LogP contribution in [0.2, 0.25) is 0 Å². The van der Waals surface area contributed by atoms with Crippen molar-refractivity contribution in [1.82, 2.24) is 9.88 Å². The van der Waals surface area contributed by atoms with E-state index >= 15 is 0 Å². The zero-order chi connectivity index (χ0) is 25.1. The number of benzene rings is 3. The van der Waals surface area contributed by atoms with Crippen LogP contribution in [-0.2, 0) is 0 Å². The number of anilines is 1. The lowest BCUT2D eigenvalue weighted by Gasteiger charge is -2.37. The fraction of sp³-hybridized carbons (Fsp3) is 0.267. The second-order valence-electron chi connectivity index (χ2n) is 8.98. The first-order chi connectivity index (χ1) is 17.6. The fourth-order valence-corrected chi connectivity index (χ4v) is 4.74. The smallest absolute Gasteiger partial charge is 0.254 e. The van der Waals surface area contributed by atoms with E-state index < -0.39 is 0 Å². The Kier molecular flexibility index (Phi) is 6.76. The number of carbonyl (C=O) groups is 1. The number of para-hydroxylation sites is 2. The number of hydrogen-bond acceptors (Lipinski definition) is 5. The molecule has 1 saturated heterocycles. The molecule has 0 atom stereocenters. The van der Waals surface area contributed by atoms with Gasteiger partial charge in [-0.1, -0.05) is 23.8 Å². The van der Waals surface area contributed by atoms with Crippen molar-refractivity contribution in [2.45, 2.75) is 13.8 Å². The SMILES string of the molecule is CCOc1ccccc1N1CCN(C(=O)c2cc(-c3ccc(OC)cc3)nc3ccc(C)cc23)CC1. The summed E-state index contributed by atoms with van der Waals surface area (Å²) in [7, 11) is 1.65. The minimum atomic E-state index is 0.0421. The van der Waals surface area contributed by atoms with Crippen molar-refractivity contribution in [3.63, 3.8) is 0 Å². The number of rotatable bonds is 6. The van der Waals surface area contributed by atoms with Crippen LogP contribution in [0.1, 0.15) is 22.8 Å². The Balaban J connectivity index is 1.43. The summed E-state index contributed by atoms with van der Waals surface area (Å²) in [4.78, 5) is 23.0. The largest absolute Gasteiger partial charge is 0.497 e. The van der Waals surface area contributed by atoms with Gasteiger partial charge in [-0.2, -0.15) is 0 Å². The van der Waals surface area contributed by atoms with Gasteiger partial charge in [0.15, 0.2) is 0 Å². The minimum Gasteiger partial charge on any atom is -0.497 e. The van der Waals surface area contributed by atoms with Crippen LogP contribution in [0.25, 0.3) is 22.2 Å². The molecule has 4 aromatic rings. The maximum absolute atomic E-state index is 13.9. The molecule has 0 bridgehead atoms. The van der Waals surface area contributed by atoms with Crippen molar-refractivity contribution in [1.29, 1.82) is 0 Å². The van der Waals surface area contributed by atoms with E-state index in [2.05, 4.69) is 17.0 Å². The van der Waals surface area contributed by atoms with Gasteiger partial charge in [0, 0.05) is 37.1 Å². The molecule has 36 heavy (non-hydrogen) atoms. The van der Waals surface area contributed by atoms with Gasteiger partial charge in [-0.05, 0) is 68.4 Å². The van der Waals surface area contributed by atoms with Gasteiger partial charge in [-0.15, -0.1) is 0 Å². The van der Waals surface area contributed by atoms with Crippen molar-refractivity contribution >= 4 is 22.5 Å². The highest BCUT2D eigenvalue weighted by Crippen LogP contribution is 2.31. The highest BCUT2D eigenvalue weighted by Gasteiger charge is 2.25. The molecule has 184 valence electrons. The van der Waals surface area contributed by atoms with Gasteiger partial charge in [-0.25, -0.2) is 4.98 Å². The summed E-state index contributed by atoms with van der Waals surface area (Å²) in [6.45, 7) is 7.46. The summed E-state index contributed by atoms with van der Waals surface area (Å²) in [5, 5.41) is 0.890. The molecule has 5 rings (SSSR count). The number of methoxy groups -OCH3 is 1. The Morgan fingerprint density at radius 3 is 2.42 bits per heavy atom. The maximum atomic E-state index is 13.9. The molecule has 0 radical (unpaired) electrons. The number of piperazine rings is 1. The van der Waals surface area contributed by atoms with E-state index in [0.717, 1.165) is 58.0 Å². The Bertz CT molecular complexity index is 1380. The topological polar surface area (TPSA) is 54.9 Å². The lowest BCUT2D eigenvalue weighted by molar-refractivity contribution is 0.0748. The molecular formula is C30H31N3O3. The van der Waals surface area contributed by atoms with Gasteiger partial charge in [0.2, 0.25) is 0 Å². The van der Waals surface area contributed by atoms with E-state index in [9.17, 15) is 4.79 Å². The van der Waals surface area contributed by atoms with E-state index in [1.165, 1.54) is 0 Å². The van der Waals surface area contributed by atoms with E-state index in [1.807, 2.05) is 79.4 Å². The van der Waals surface area contributed by atoms with E-state index in [0.29, 0.717) is 25.3 Å². The Morgan fingerprint density at radius 1 is 0.944 bits per heavy atom. The van der Waals surface area contributed by atoms with Crippen LogP contribution in [0.15, 0.2) is 72.8 Å². The predicted molar refractivity (Wildman–Crippen MR) is 144 cm³/mol. The summed E-state index contributed by atoms with van der Waals surface area (Å²) < 4.78 is 11.1. The lowest BCUT2D eigenvalue weighted by Crippen LogP contribution is -2.49. The number of ether oxygens (including phenoxy) is 2. The summed E-state index contributed by atoms with van der Waals surface area (Å²) in [5.41, 5.74) is 5.43. The summed E-state index contributed by atoms with van der Waals surface area (Å²) in [5.74, 6) is 1.72. The molecule has 6 heteroatoms. The molecular weight excluding hydrogens is 450 g/mol. The summed E-state index contributed by atoms with van der Waals surface area (Å²) in [6.07, 6.45) is 0. The Hall–Kier alpha value is -4.06. The third kappa shape index (κ3) is 4.71. The number of aryl methyl sites for hydroxylation is 1. The molecule has 3 aromatic carbocycles. The highest BCUT2D eigenvalue weighted by atomic mass is 16.5. The van der Waals surface area contributed by atoms with E-state index in [4.69, 9.17) is 14.5 Å². The molecule has 1 aliphatic heterocycles. The van der Waals surface area contributed by atoms with E-state index in [-0.39, 0.29) is 5.91 Å². The second kappa shape index (κ2) is 10.3. The van der Waals surface area contributed by atoms with Crippen molar-refractivity contribution in [3.05, 3.63) is 83.9 Å². The summed E-state index contributed by atoms with van der Waals surface area (Å²) in [6, 6.07) is 23.9. The number of amides is 1. The molecule has 1 fully saturated rings. The summed E-state index contributed by atoms with van der Waals surface area (Å²) >= 11 is 0. The second-order valence-corrected chi connectivity index (χ2v) is 8.98. The average Bonchev–Trinajstić information content (AvgIpc) is 2.93. The molecule has 0 aliphatic carbocycles. The first kappa shape index (κ1) is 23.7. The molecule has 0 unspecified atom stereocenters. The Labute approximate surface area is 212 Å². The number of aromatic nitrogens is 1. The average molecular weight is 482 g/mol. The van der Waals surface area contributed by atoms with Crippen LogP contribution < -0.4 is 14.4 Å². The number of nitrogens with zero attached hydrogens (tertiary/aromatic N) is 3. The zero-order valence-corrected chi connectivity index (χ0v) is 21.0. The van der Waals surface area contributed by atoms with Crippen molar-refractivity contribution in [2.24, 2.45) is 0 Å². The quantitative estimate of drug-likeness (QED) is 0.360. The van der Waals surface area contributed by atoms with Crippen LogP contribution in [0.5, 0.6) is 11.5 Å². The molecule has 0 saturated carbocycles. The number of fused-ring (bicyclic) bond motifs is 1. The van der Waals surface area contributed by atoms with Crippen LogP contribution in [0.3, 0.4) is 0 Å². The molecule has 1 aromatic heterocycles. The van der Waals surface area contributed by atoms with Gasteiger partial charge in [0.1, 0.15) is 11.5 Å². The standard InChI is InChI=1S/C30H31N3O3/c1-4-36-29-8-6-5-7-28(29)32-15-17-33(18-16-32)30(34)25-20-27(22-10-12-23(35-3)13-11-22)31-26-14-9-21(2)19-24(25)26/h5-14,19-20H,4,15-18H2,1-3H3. The monoisotopic (exact) mass is 481 g/mol. The minimum absolute atomic E-state index is 0.0421. The van der Waals surface area contributed by atoms with Crippen LogP contribution in [0.4, 0.5) is 5.69 Å². The molecule has 1 aliphatic rings. The van der Waals surface area contributed by atoms with Crippen LogP contribution >= 0.6 is 0 Å². The number of hydrogen-bond donors (Lipinski definition) is 0. The number of carbonyl (C=O) groups excluding carboxylic acids is 1. The number of pyridine rings is 1. The molecule has 6 nitrogen and oxygen atoms in total. The van der Waals surface area contributed by atoms with Gasteiger partial charge >= 0.3 is 0 Å². The normalized spacial score (nSPS) is 13.6. The fourth-order valence-electron chi connectivity index (χ4n) is 4.74. The molecule has 2 heterocycles. The van der Waals surface area contributed by atoms with Crippen LogP contribution in [-0.4, -0.2) is 55.7 Å². The van der Waals surface area contributed by atoms with Gasteiger partial charge in [-0.3, -0.25) is 4.79 Å². The van der Waals surface area contributed by atoms with Crippen LogP contribution in [0, 0.1) is 6.92 Å². The Morgan fingerprint density at radius 2 is 1.69 bits per heavy atom. The third-order valence-corrected chi connectivity index (χ3v) is 6.65. The van der Waals surface area contributed by atoms with Gasteiger partial charge in [0.25, 0.3) is 5.91 Å². The highest BCUT2D eigenvalue weighted by molar-refractivity contribution is 6.07.